The molecule has 0 unspecified atom stereocenters. The van der Waals surface area contributed by atoms with Crippen molar-refractivity contribution in [3.63, 3.8) is 0 Å². The second-order valence-electron chi connectivity index (χ2n) is 8.14. The van der Waals surface area contributed by atoms with Gasteiger partial charge in [0.2, 0.25) is 0 Å². The first-order valence-electron chi connectivity index (χ1n) is 12.6. The molecule has 0 spiro atoms. The van der Waals surface area contributed by atoms with Gasteiger partial charge in [0, 0.05) is 13.2 Å². The molecule has 0 bridgehead atoms. The molecule has 0 aliphatic rings. The highest BCUT2D eigenvalue weighted by Crippen LogP contribution is 2.12. The van der Waals surface area contributed by atoms with Crippen LogP contribution in [-0.2, 0) is 14.2 Å². The van der Waals surface area contributed by atoms with Gasteiger partial charge < -0.3 is 14.2 Å². The van der Waals surface area contributed by atoms with Crippen LogP contribution in [-0.4, -0.2) is 39.6 Å². The van der Waals surface area contributed by atoms with Crippen molar-refractivity contribution < 1.29 is 14.2 Å². The lowest BCUT2D eigenvalue weighted by Crippen LogP contribution is -2.10. The average Bonchev–Trinajstić information content (AvgIpc) is 2.71. The molecule has 0 rings (SSSR count). The summed E-state index contributed by atoms with van der Waals surface area (Å²) in [5, 5.41) is 0. The Kier molecular flexibility index (Phi) is 26.8. The Morgan fingerprint density at radius 3 is 0.893 bits per heavy atom. The van der Waals surface area contributed by atoms with Crippen molar-refractivity contribution in [2.75, 3.05) is 39.6 Å². The van der Waals surface area contributed by atoms with Crippen molar-refractivity contribution in [2.24, 2.45) is 0 Å². The molecule has 0 aliphatic carbocycles. The fourth-order valence-electron chi connectivity index (χ4n) is 3.39. The predicted molar refractivity (Wildman–Crippen MR) is 122 cm³/mol. The third-order valence-corrected chi connectivity index (χ3v) is 5.28. The molecule has 0 aromatic heterocycles. The van der Waals surface area contributed by atoms with Crippen LogP contribution < -0.4 is 0 Å². The molecule has 0 radical (unpaired) electrons. The Morgan fingerprint density at radius 1 is 0.286 bits per heavy atom. The van der Waals surface area contributed by atoms with Crippen LogP contribution in [0, 0.1) is 0 Å². The number of ether oxygens (including phenoxy) is 3. The summed E-state index contributed by atoms with van der Waals surface area (Å²) in [6.45, 7) is 9.09. The van der Waals surface area contributed by atoms with E-state index in [0.29, 0.717) is 19.8 Å². The van der Waals surface area contributed by atoms with Crippen LogP contribution in [0.1, 0.15) is 123 Å². The van der Waals surface area contributed by atoms with Crippen LogP contribution in [0.15, 0.2) is 0 Å². The fraction of sp³-hybridized carbons (Fsp3) is 1.00. The summed E-state index contributed by atoms with van der Waals surface area (Å²) in [6.07, 6.45) is 23.2. The first-order valence-corrected chi connectivity index (χ1v) is 12.6. The van der Waals surface area contributed by atoms with Crippen molar-refractivity contribution in [1.82, 2.24) is 0 Å². The Morgan fingerprint density at radius 2 is 0.536 bits per heavy atom. The van der Waals surface area contributed by atoms with Crippen LogP contribution in [0.3, 0.4) is 0 Å². The largest absolute Gasteiger partial charge is 0.379 e. The molecule has 0 aromatic carbocycles. The van der Waals surface area contributed by atoms with E-state index in [1.54, 1.807) is 0 Å². The van der Waals surface area contributed by atoms with Crippen molar-refractivity contribution in [2.45, 2.75) is 123 Å². The van der Waals surface area contributed by atoms with Gasteiger partial charge >= 0.3 is 0 Å². The first kappa shape index (κ1) is 27.9. The Balaban J connectivity index is 2.96. The summed E-state index contributed by atoms with van der Waals surface area (Å²) in [5.74, 6) is 0. The third-order valence-electron chi connectivity index (χ3n) is 5.28. The van der Waals surface area contributed by atoms with Gasteiger partial charge in [0.15, 0.2) is 0 Å². The summed E-state index contributed by atoms with van der Waals surface area (Å²) in [6, 6.07) is 0. The van der Waals surface area contributed by atoms with Crippen LogP contribution in [0.2, 0.25) is 0 Å². The Hall–Kier alpha value is -0.120. The number of hydrogen-bond acceptors (Lipinski definition) is 3. The van der Waals surface area contributed by atoms with Crippen LogP contribution in [0.25, 0.3) is 0 Å². The molecule has 0 aliphatic heterocycles. The average molecular weight is 401 g/mol. The zero-order chi connectivity index (χ0) is 20.4. The SMILES string of the molecule is CCCCCCCCCCCCCCCOCCOCCOCCCCCC. The molecule has 28 heavy (non-hydrogen) atoms. The highest BCUT2D eigenvalue weighted by molar-refractivity contribution is 4.49. The van der Waals surface area contributed by atoms with Gasteiger partial charge in [0.1, 0.15) is 0 Å². The molecule has 0 atom stereocenters. The van der Waals surface area contributed by atoms with Crippen molar-refractivity contribution >= 4 is 0 Å². The molecular weight excluding hydrogens is 348 g/mol. The lowest BCUT2D eigenvalue weighted by atomic mass is 10.0. The highest BCUT2D eigenvalue weighted by atomic mass is 16.5. The topological polar surface area (TPSA) is 27.7 Å². The van der Waals surface area contributed by atoms with E-state index in [1.165, 1.54) is 109 Å². The van der Waals surface area contributed by atoms with Gasteiger partial charge in [0.05, 0.1) is 26.4 Å². The van der Waals surface area contributed by atoms with Gasteiger partial charge in [-0.25, -0.2) is 0 Å². The minimum Gasteiger partial charge on any atom is -0.379 e. The lowest BCUT2D eigenvalue weighted by Gasteiger charge is -2.07. The van der Waals surface area contributed by atoms with Crippen molar-refractivity contribution in [3.8, 4) is 0 Å². The van der Waals surface area contributed by atoms with Gasteiger partial charge in [-0.3, -0.25) is 0 Å². The highest BCUT2D eigenvalue weighted by Gasteiger charge is 1.95. The maximum Gasteiger partial charge on any atom is 0.0701 e. The predicted octanol–water partition coefficient (Wildman–Crippen LogP) is 7.71. The van der Waals surface area contributed by atoms with Gasteiger partial charge in [-0.05, 0) is 12.8 Å². The first-order chi connectivity index (χ1) is 13.9. The van der Waals surface area contributed by atoms with Crippen LogP contribution in [0.5, 0.6) is 0 Å². The van der Waals surface area contributed by atoms with Gasteiger partial charge in [-0.15, -0.1) is 0 Å². The number of rotatable bonds is 25. The van der Waals surface area contributed by atoms with Gasteiger partial charge in [-0.2, -0.15) is 0 Å². The van der Waals surface area contributed by atoms with Gasteiger partial charge in [-0.1, -0.05) is 110 Å². The zero-order valence-electron chi connectivity index (χ0n) is 19.5. The molecule has 0 aromatic rings. The van der Waals surface area contributed by atoms with E-state index in [1.807, 2.05) is 0 Å². The molecule has 0 saturated heterocycles. The maximum absolute atomic E-state index is 5.64. The van der Waals surface area contributed by atoms with Crippen molar-refractivity contribution in [1.29, 1.82) is 0 Å². The maximum atomic E-state index is 5.64. The lowest BCUT2D eigenvalue weighted by molar-refractivity contribution is 0.0132. The normalized spacial score (nSPS) is 11.4. The molecule has 0 amide bonds. The molecule has 0 fully saturated rings. The Bertz CT molecular complexity index is 232. The van der Waals surface area contributed by atoms with E-state index in [2.05, 4.69) is 13.8 Å². The molecular formula is C25H52O3. The third kappa shape index (κ3) is 25.9. The second kappa shape index (κ2) is 26.9. The molecule has 0 N–H and O–H groups in total. The minimum atomic E-state index is 0.690. The number of unbranched alkanes of at least 4 members (excludes halogenated alkanes) is 15. The molecule has 3 heteroatoms. The standard InChI is InChI=1S/C25H52O3/c1-3-5-7-9-10-11-12-13-14-15-16-17-19-21-27-23-25-28-24-22-26-20-18-8-6-4-2/h3-25H2,1-2H3. The second-order valence-corrected chi connectivity index (χ2v) is 8.14. The zero-order valence-corrected chi connectivity index (χ0v) is 19.5. The van der Waals surface area contributed by atoms with E-state index in [4.69, 9.17) is 14.2 Å². The van der Waals surface area contributed by atoms with Crippen molar-refractivity contribution in [3.05, 3.63) is 0 Å². The minimum absolute atomic E-state index is 0.690. The summed E-state index contributed by atoms with van der Waals surface area (Å²) in [4.78, 5) is 0. The van der Waals surface area contributed by atoms with E-state index in [9.17, 15) is 0 Å². The summed E-state index contributed by atoms with van der Waals surface area (Å²) < 4.78 is 16.7. The number of hydrogen-bond donors (Lipinski definition) is 0. The molecule has 0 heterocycles. The Labute approximate surface area is 177 Å². The summed E-state index contributed by atoms with van der Waals surface area (Å²) in [7, 11) is 0. The molecule has 3 nitrogen and oxygen atoms in total. The summed E-state index contributed by atoms with van der Waals surface area (Å²) >= 11 is 0. The monoisotopic (exact) mass is 400 g/mol. The van der Waals surface area contributed by atoms with E-state index in [0.717, 1.165) is 19.8 Å². The van der Waals surface area contributed by atoms with E-state index in [-0.39, 0.29) is 0 Å². The van der Waals surface area contributed by atoms with Crippen LogP contribution >= 0.6 is 0 Å². The summed E-state index contributed by atoms with van der Waals surface area (Å²) in [5.41, 5.74) is 0. The van der Waals surface area contributed by atoms with Crippen LogP contribution in [0.4, 0.5) is 0 Å². The molecule has 170 valence electrons. The quantitative estimate of drug-likeness (QED) is 0.147. The van der Waals surface area contributed by atoms with E-state index >= 15 is 0 Å². The molecule has 0 saturated carbocycles. The fourth-order valence-corrected chi connectivity index (χ4v) is 3.39. The van der Waals surface area contributed by atoms with Gasteiger partial charge in [0.25, 0.3) is 0 Å². The van der Waals surface area contributed by atoms with E-state index < -0.39 is 0 Å². The smallest absolute Gasteiger partial charge is 0.0701 e.